The maximum absolute atomic E-state index is 14.8. The third-order valence-corrected chi connectivity index (χ3v) is 8.39. The van der Waals surface area contributed by atoms with Crippen molar-refractivity contribution in [3.63, 3.8) is 0 Å². The third kappa shape index (κ3) is 8.83. The quantitative estimate of drug-likeness (QED) is 0.130. The zero-order valence-corrected chi connectivity index (χ0v) is 25.0. The van der Waals surface area contributed by atoms with Crippen LogP contribution in [-0.2, 0) is 24.5 Å². The van der Waals surface area contributed by atoms with E-state index >= 15 is 0 Å². The number of amides is 1. The average molecular weight is 593 g/mol. The molecule has 0 spiro atoms. The number of carbonyl (C=O) groups is 2. The number of halogens is 2. The molecule has 0 aliphatic carbocycles. The van der Waals surface area contributed by atoms with Gasteiger partial charge < -0.3 is 14.2 Å². The van der Waals surface area contributed by atoms with Crippen LogP contribution in [0.2, 0.25) is 25.7 Å². The number of hydrogen-bond donors (Lipinski definition) is 0. The topological polar surface area (TPSA) is 90.3 Å². The summed E-state index contributed by atoms with van der Waals surface area (Å²) < 4.78 is 31.8. The van der Waals surface area contributed by atoms with Gasteiger partial charge in [0.2, 0.25) is 5.95 Å². The number of carbonyl (C=O) groups excluding carboxylic acids is 2. The summed E-state index contributed by atoms with van der Waals surface area (Å²) >= 11 is 4.40. The Morgan fingerprint density at radius 2 is 2.00 bits per heavy atom. The Kier molecular flexibility index (Phi) is 9.94. The molecule has 1 aliphatic heterocycles. The molecule has 1 unspecified atom stereocenters. The van der Waals surface area contributed by atoms with Gasteiger partial charge in [0.15, 0.2) is 5.17 Å². The Balaban J connectivity index is 2.50. The third-order valence-electron chi connectivity index (χ3n) is 5.08. The van der Waals surface area contributed by atoms with Gasteiger partial charge in [-0.05, 0) is 62.2 Å². The van der Waals surface area contributed by atoms with E-state index in [1.165, 1.54) is 18.2 Å². The van der Waals surface area contributed by atoms with Crippen LogP contribution < -0.4 is 0 Å². The molecular weight excluding hydrogens is 557 g/mol. The summed E-state index contributed by atoms with van der Waals surface area (Å²) in [6.45, 7) is 14.0. The zero-order valence-electron chi connectivity index (χ0n) is 21.6. The number of rotatable bonds is 7. The summed E-state index contributed by atoms with van der Waals surface area (Å²) in [4.78, 5) is 35.6. The molecule has 0 bridgehead atoms. The Bertz CT molecular complexity index is 969. The molecule has 0 N–H and O–H groups in total. The number of esters is 1. The largest absolute Gasteiger partial charge is 0.468 e. The molecular formula is C23H35BrFN3O5SSi. The van der Waals surface area contributed by atoms with Crippen LogP contribution in [0.1, 0.15) is 39.7 Å². The SMILES string of the molecule is COC(=O)C1C[C@@](C)(c2cc(Br)cnc2F)N=C(N(COCC[Si](C)(C)C)C(=O)OC(C)(C)C)S1. The van der Waals surface area contributed by atoms with Gasteiger partial charge in [0.25, 0.3) is 0 Å². The summed E-state index contributed by atoms with van der Waals surface area (Å²) in [5, 5.41) is -0.543. The Morgan fingerprint density at radius 1 is 1.34 bits per heavy atom. The monoisotopic (exact) mass is 591 g/mol. The van der Waals surface area contributed by atoms with Crippen molar-refractivity contribution in [1.82, 2.24) is 9.88 Å². The molecule has 1 aromatic rings. The first-order chi connectivity index (χ1) is 16.0. The lowest BCUT2D eigenvalue weighted by Gasteiger charge is -2.37. The predicted molar refractivity (Wildman–Crippen MR) is 142 cm³/mol. The second-order valence-electron chi connectivity index (χ2n) is 10.8. The van der Waals surface area contributed by atoms with Gasteiger partial charge in [-0.3, -0.25) is 9.79 Å². The fourth-order valence-corrected chi connectivity index (χ4v) is 5.66. The van der Waals surface area contributed by atoms with E-state index in [9.17, 15) is 14.0 Å². The second kappa shape index (κ2) is 11.7. The first kappa shape index (κ1) is 29.7. The van der Waals surface area contributed by atoms with E-state index in [2.05, 4.69) is 40.6 Å². The molecule has 2 rings (SSSR count). The van der Waals surface area contributed by atoms with Gasteiger partial charge in [-0.2, -0.15) is 4.39 Å². The minimum absolute atomic E-state index is 0.117. The lowest BCUT2D eigenvalue weighted by molar-refractivity contribution is -0.140. The number of hydrogen-bond acceptors (Lipinski definition) is 8. The molecule has 35 heavy (non-hydrogen) atoms. The molecule has 0 aromatic carbocycles. The van der Waals surface area contributed by atoms with E-state index in [-0.39, 0.29) is 23.9 Å². The zero-order chi connectivity index (χ0) is 26.6. The smallest absolute Gasteiger partial charge is 0.418 e. The van der Waals surface area contributed by atoms with Gasteiger partial charge in [-0.15, -0.1) is 0 Å². The fraction of sp³-hybridized carbons (Fsp3) is 0.652. The number of aromatic nitrogens is 1. The van der Waals surface area contributed by atoms with Crippen molar-refractivity contribution in [3.05, 3.63) is 28.2 Å². The molecule has 0 radical (unpaired) electrons. The molecule has 12 heteroatoms. The van der Waals surface area contributed by atoms with Crippen molar-refractivity contribution in [1.29, 1.82) is 0 Å². The van der Waals surface area contributed by atoms with E-state index in [1.54, 1.807) is 33.8 Å². The van der Waals surface area contributed by atoms with Gasteiger partial charge in [-0.25, -0.2) is 14.7 Å². The Hall–Kier alpha value is -1.50. The maximum Gasteiger partial charge on any atom is 0.418 e. The molecule has 196 valence electrons. The van der Waals surface area contributed by atoms with Crippen LogP contribution in [0.3, 0.4) is 0 Å². The lowest BCUT2D eigenvalue weighted by atomic mass is 9.88. The average Bonchev–Trinajstić information content (AvgIpc) is 2.72. The highest BCUT2D eigenvalue weighted by Crippen LogP contribution is 2.42. The van der Waals surface area contributed by atoms with Crippen LogP contribution in [0.25, 0.3) is 0 Å². The van der Waals surface area contributed by atoms with E-state index in [1.807, 2.05) is 0 Å². The van der Waals surface area contributed by atoms with Crippen molar-refractivity contribution >= 4 is 53.0 Å². The van der Waals surface area contributed by atoms with Gasteiger partial charge in [0.1, 0.15) is 17.6 Å². The molecule has 0 fully saturated rings. The molecule has 1 aromatic heterocycles. The highest BCUT2D eigenvalue weighted by Gasteiger charge is 2.44. The molecule has 0 saturated carbocycles. The van der Waals surface area contributed by atoms with E-state index in [4.69, 9.17) is 19.2 Å². The van der Waals surface area contributed by atoms with Gasteiger partial charge >= 0.3 is 12.1 Å². The number of amidine groups is 1. The molecule has 2 heterocycles. The van der Waals surface area contributed by atoms with Crippen molar-refractivity contribution in [2.24, 2.45) is 4.99 Å². The van der Waals surface area contributed by atoms with E-state index in [0.29, 0.717) is 11.1 Å². The molecule has 1 aliphatic rings. The van der Waals surface area contributed by atoms with Crippen molar-refractivity contribution in [2.45, 2.75) is 76.2 Å². The number of pyridine rings is 1. The van der Waals surface area contributed by atoms with Crippen LogP contribution in [-0.4, -0.2) is 66.5 Å². The summed E-state index contributed by atoms with van der Waals surface area (Å²) in [5.41, 5.74) is -1.76. The first-order valence-corrected chi connectivity index (χ1v) is 16.7. The van der Waals surface area contributed by atoms with Crippen LogP contribution in [0.5, 0.6) is 0 Å². The van der Waals surface area contributed by atoms with Gasteiger partial charge in [0.05, 0.1) is 12.6 Å². The van der Waals surface area contributed by atoms with Gasteiger partial charge in [-0.1, -0.05) is 31.4 Å². The molecule has 2 atom stereocenters. The standard InChI is InChI=1S/C23H35BrFN3O5SSi/c1-22(2,3)33-21(30)28(14-32-9-10-35(6,7)8)20-27-23(4,12-17(34-20)19(29)31-5)16-11-15(24)13-26-18(16)25/h11,13,17H,9-10,12,14H2,1-8H3/t17?,23-/m0/s1. The summed E-state index contributed by atoms with van der Waals surface area (Å²) in [7, 11) is -0.0635. The Morgan fingerprint density at radius 3 is 2.57 bits per heavy atom. The lowest BCUT2D eigenvalue weighted by Crippen LogP contribution is -2.46. The number of methoxy groups -OCH3 is 1. The summed E-state index contributed by atoms with van der Waals surface area (Å²) in [6.07, 6.45) is 0.834. The highest BCUT2D eigenvalue weighted by atomic mass is 79.9. The van der Waals surface area contributed by atoms with Crippen LogP contribution >= 0.6 is 27.7 Å². The Labute approximate surface area is 220 Å². The van der Waals surface area contributed by atoms with Gasteiger partial charge in [0, 0.05) is 30.9 Å². The predicted octanol–water partition coefficient (Wildman–Crippen LogP) is 5.78. The highest BCUT2D eigenvalue weighted by molar-refractivity contribution is 9.10. The number of aliphatic imine (C=N–C) groups is 1. The van der Waals surface area contributed by atoms with Crippen LogP contribution in [0, 0.1) is 5.95 Å². The van der Waals surface area contributed by atoms with E-state index in [0.717, 1.165) is 17.8 Å². The van der Waals surface area contributed by atoms with Crippen LogP contribution in [0.15, 0.2) is 21.7 Å². The first-order valence-electron chi connectivity index (χ1n) is 11.3. The molecule has 8 nitrogen and oxygen atoms in total. The van der Waals surface area contributed by atoms with Crippen molar-refractivity contribution < 1.29 is 28.2 Å². The number of nitrogens with zero attached hydrogens (tertiary/aromatic N) is 3. The normalized spacial score (nSPS) is 20.7. The van der Waals surface area contributed by atoms with Crippen molar-refractivity contribution in [2.75, 3.05) is 20.4 Å². The minimum Gasteiger partial charge on any atom is -0.468 e. The maximum atomic E-state index is 14.8. The van der Waals surface area contributed by atoms with Crippen molar-refractivity contribution in [3.8, 4) is 0 Å². The fourth-order valence-electron chi connectivity index (χ4n) is 3.21. The summed E-state index contributed by atoms with van der Waals surface area (Å²) in [5.74, 6) is -1.20. The minimum atomic E-state index is -1.35. The number of thioether (sulfide) groups is 1. The second-order valence-corrected chi connectivity index (χ2v) is 18.5. The summed E-state index contributed by atoms with van der Waals surface area (Å²) in [6, 6.07) is 2.49. The molecule has 1 amide bonds. The van der Waals surface area contributed by atoms with E-state index < -0.39 is 42.5 Å². The number of ether oxygens (including phenoxy) is 3. The molecule has 0 saturated heterocycles. The van der Waals surface area contributed by atoms with Crippen LogP contribution in [0.4, 0.5) is 9.18 Å².